The Morgan fingerprint density at radius 2 is 1.94 bits per heavy atom. The van der Waals surface area contributed by atoms with Crippen LogP contribution in [0.25, 0.3) is 16.7 Å². The van der Waals surface area contributed by atoms with Gasteiger partial charge < -0.3 is 14.3 Å². The Hall–Kier alpha value is -3.63. The van der Waals surface area contributed by atoms with Crippen LogP contribution >= 0.6 is 0 Å². The SMILES string of the molecule is CC(=O)O[C@H]1CCCC[C@H]1n1c(=O)c(=O)[nH]c2cc(C(F)(F)F)c(-n3ccc(C=O)c3)cc21. The number of hydrogen-bond acceptors (Lipinski definition) is 5. The molecule has 174 valence electrons. The van der Waals surface area contributed by atoms with Gasteiger partial charge in [-0.1, -0.05) is 6.42 Å². The van der Waals surface area contributed by atoms with Gasteiger partial charge in [-0.05, 0) is 37.5 Å². The second-order valence-corrected chi connectivity index (χ2v) is 7.98. The topological polar surface area (TPSA) is 103 Å². The predicted molar refractivity (Wildman–Crippen MR) is 112 cm³/mol. The summed E-state index contributed by atoms with van der Waals surface area (Å²) in [4.78, 5) is 50.1. The highest BCUT2D eigenvalue weighted by atomic mass is 19.4. The molecule has 0 saturated heterocycles. The third-order valence-electron chi connectivity index (χ3n) is 5.79. The molecule has 3 aromatic rings. The molecule has 1 saturated carbocycles. The summed E-state index contributed by atoms with van der Waals surface area (Å²) in [6.45, 7) is 1.23. The van der Waals surface area contributed by atoms with Gasteiger partial charge in [0.2, 0.25) is 0 Å². The molecule has 2 atom stereocenters. The maximum Gasteiger partial charge on any atom is 0.418 e. The van der Waals surface area contributed by atoms with Crippen molar-refractivity contribution in [2.45, 2.75) is 50.9 Å². The van der Waals surface area contributed by atoms with E-state index < -0.39 is 41.0 Å². The average molecular weight is 463 g/mol. The van der Waals surface area contributed by atoms with Crippen molar-refractivity contribution >= 4 is 23.3 Å². The van der Waals surface area contributed by atoms with E-state index in [0.29, 0.717) is 25.5 Å². The van der Waals surface area contributed by atoms with Crippen LogP contribution in [0.15, 0.2) is 40.2 Å². The largest absolute Gasteiger partial charge is 0.460 e. The highest BCUT2D eigenvalue weighted by molar-refractivity contribution is 5.80. The van der Waals surface area contributed by atoms with Gasteiger partial charge in [0.15, 0.2) is 6.29 Å². The van der Waals surface area contributed by atoms with Crippen molar-refractivity contribution in [3.05, 3.63) is 62.4 Å². The first-order valence-electron chi connectivity index (χ1n) is 10.3. The first-order valence-corrected chi connectivity index (χ1v) is 10.3. The average Bonchev–Trinajstić information content (AvgIpc) is 3.23. The molecule has 1 fully saturated rings. The van der Waals surface area contributed by atoms with Gasteiger partial charge >= 0.3 is 23.3 Å². The Bertz CT molecular complexity index is 1350. The highest BCUT2D eigenvalue weighted by Gasteiger charge is 2.36. The minimum Gasteiger partial charge on any atom is -0.460 e. The molecule has 0 bridgehead atoms. The summed E-state index contributed by atoms with van der Waals surface area (Å²) in [5, 5.41) is 0. The van der Waals surface area contributed by atoms with Crippen LogP contribution in [0.4, 0.5) is 13.2 Å². The van der Waals surface area contributed by atoms with Gasteiger partial charge in [-0.15, -0.1) is 0 Å². The molecule has 1 N–H and O–H groups in total. The Morgan fingerprint density at radius 1 is 1.21 bits per heavy atom. The highest BCUT2D eigenvalue weighted by Crippen LogP contribution is 2.38. The Kier molecular flexibility index (Phi) is 5.73. The number of hydrogen-bond donors (Lipinski definition) is 1. The number of ether oxygens (including phenoxy) is 1. The van der Waals surface area contributed by atoms with E-state index in [4.69, 9.17) is 4.74 Å². The third-order valence-corrected chi connectivity index (χ3v) is 5.79. The van der Waals surface area contributed by atoms with Gasteiger partial charge in [0.05, 0.1) is 28.3 Å². The number of carbonyl (C=O) groups excluding carboxylic acids is 2. The number of nitrogens with zero attached hydrogens (tertiary/aromatic N) is 2. The molecule has 1 aliphatic rings. The van der Waals surface area contributed by atoms with Gasteiger partial charge in [-0.25, -0.2) is 0 Å². The van der Waals surface area contributed by atoms with Gasteiger partial charge in [0.25, 0.3) is 0 Å². The minimum absolute atomic E-state index is 0.0630. The number of alkyl halides is 3. The fourth-order valence-corrected chi connectivity index (χ4v) is 4.40. The van der Waals surface area contributed by atoms with E-state index in [1.807, 2.05) is 0 Å². The number of aldehydes is 1. The van der Waals surface area contributed by atoms with Crippen LogP contribution in [0.2, 0.25) is 0 Å². The lowest BCUT2D eigenvalue weighted by Crippen LogP contribution is -2.43. The minimum atomic E-state index is -4.78. The van der Waals surface area contributed by atoms with Gasteiger partial charge in [-0.3, -0.25) is 23.7 Å². The van der Waals surface area contributed by atoms with Crippen LogP contribution in [0.5, 0.6) is 0 Å². The fraction of sp³-hybridized carbons (Fsp3) is 0.364. The van der Waals surface area contributed by atoms with Gasteiger partial charge in [0, 0.05) is 24.9 Å². The number of fused-ring (bicyclic) bond motifs is 1. The number of esters is 1. The molecular formula is C22H20F3N3O5. The van der Waals surface area contributed by atoms with E-state index in [1.54, 1.807) is 0 Å². The summed E-state index contributed by atoms with van der Waals surface area (Å²) in [6, 6.07) is 2.57. The molecule has 0 spiro atoms. The Balaban J connectivity index is 2.03. The molecule has 11 heteroatoms. The lowest BCUT2D eigenvalue weighted by atomic mass is 9.91. The fourth-order valence-electron chi connectivity index (χ4n) is 4.40. The molecular weight excluding hydrogens is 443 g/mol. The number of benzene rings is 1. The van der Waals surface area contributed by atoms with Gasteiger partial charge in [-0.2, -0.15) is 13.2 Å². The number of rotatable bonds is 4. The molecule has 0 radical (unpaired) electrons. The van der Waals surface area contributed by atoms with E-state index in [-0.39, 0.29) is 22.3 Å². The van der Waals surface area contributed by atoms with Crippen LogP contribution in [0.3, 0.4) is 0 Å². The molecule has 0 amide bonds. The van der Waals surface area contributed by atoms with Crippen molar-refractivity contribution in [3.63, 3.8) is 0 Å². The monoisotopic (exact) mass is 463 g/mol. The van der Waals surface area contributed by atoms with Crippen molar-refractivity contribution in [1.82, 2.24) is 14.1 Å². The van der Waals surface area contributed by atoms with E-state index in [9.17, 15) is 32.3 Å². The molecule has 1 aliphatic carbocycles. The quantitative estimate of drug-likeness (QED) is 0.363. The zero-order chi connectivity index (χ0) is 23.9. The number of H-pyrrole nitrogens is 1. The number of nitrogens with one attached hydrogen (secondary N) is 1. The van der Waals surface area contributed by atoms with Crippen LogP contribution in [0.1, 0.15) is 54.6 Å². The molecule has 2 aromatic heterocycles. The van der Waals surface area contributed by atoms with Crippen LogP contribution in [-0.2, 0) is 15.7 Å². The maximum absolute atomic E-state index is 13.9. The summed E-state index contributed by atoms with van der Waals surface area (Å²) in [5.41, 5.74) is -3.33. The number of aromatic nitrogens is 3. The van der Waals surface area contributed by atoms with Crippen molar-refractivity contribution in [2.24, 2.45) is 0 Å². The standard InChI is InChI=1S/C22H20F3N3O5/c1-12(30)33-19-5-3-2-4-16(19)28-18-9-17(27-7-6-13(10-27)11-29)14(22(23,24)25)8-15(18)26-20(31)21(28)32/h6-11,16,19H,2-5H2,1H3,(H,26,31)/t16-,19+/m1/s1. The van der Waals surface area contributed by atoms with Crippen molar-refractivity contribution in [1.29, 1.82) is 0 Å². The second kappa shape index (κ2) is 8.38. The van der Waals surface area contributed by atoms with E-state index in [0.717, 1.165) is 27.7 Å². The first kappa shape index (κ1) is 22.6. The Labute approximate surface area is 184 Å². The van der Waals surface area contributed by atoms with Crippen molar-refractivity contribution in [3.8, 4) is 5.69 Å². The Morgan fingerprint density at radius 3 is 2.58 bits per heavy atom. The number of aromatic amines is 1. The first-order chi connectivity index (χ1) is 15.6. The van der Waals surface area contributed by atoms with E-state index >= 15 is 0 Å². The zero-order valence-electron chi connectivity index (χ0n) is 17.5. The summed E-state index contributed by atoms with van der Waals surface area (Å²) in [6.07, 6.45) is -0.136. The molecule has 2 heterocycles. The zero-order valence-corrected chi connectivity index (χ0v) is 17.5. The smallest absolute Gasteiger partial charge is 0.418 e. The second-order valence-electron chi connectivity index (χ2n) is 7.98. The van der Waals surface area contributed by atoms with Crippen molar-refractivity contribution in [2.75, 3.05) is 0 Å². The summed E-state index contributed by atoms with van der Waals surface area (Å²) in [7, 11) is 0. The van der Waals surface area contributed by atoms with Crippen LogP contribution in [0, 0.1) is 0 Å². The molecule has 33 heavy (non-hydrogen) atoms. The predicted octanol–water partition coefficient (Wildman–Crippen LogP) is 3.36. The van der Waals surface area contributed by atoms with Crippen molar-refractivity contribution < 1.29 is 27.5 Å². The summed E-state index contributed by atoms with van der Waals surface area (Å²) in [5.74, 6) is -0.553. The van der Waals surface area contributed by atoms with E-state index in [2.05, 4.69) is 4.98 Å². The van der Waals surface area contributed by atoms with Crippen LogP contribution < -0.4 is 11.1 Å². The molecule has 0 unspecified atom stereocenters. The number of carbonyl (C=O) groups is 2. The normalized spacial score (nSPS) is 18.9. The molecule has 1 aromatic carbocycles. The summed E-state index contributed by atoms with van der Waals surface area (Å²) >= 11 is 0. The molecule has 8 nitrogen and oxygen atoms in total. The lowest BCUT2D eigenvalue weighted by molar-refractivity contribution is -0.150. The third kappa shape index (κ3) is 4.22. The number of halogens is 3. The summed E-state index contributed by atoms with van der Waals surface area (Å²) < 4.78 is 49.3. The van der Waals surface area contributed by atoms with Crippen LogP contribution in [-0.4, -0.2) is 32.5 Å². The van der Waals surface area contributed by atoms with Gasteiger partial charge in [0.1, 0.15) is 6.10 Å². The molecule has 4 rings (SSSR count). The maximum atomic E-state index is 13.9. The molecule has 0 aliphatic heterocycles. The van der Waals surface area contributed by atoms with E-state index in [1.165, 1.54) is 25.4 Å². The lowest BCUT2D eigenvalue weighted by Gasteiger charge is -2.33.